The lowest BCUT2D eigenvalue weighted by Crippen LogP contribution is -2.56. The number of hydrogen-bond acceptors (Lipinski definition) is 5. The van der Waals surface area contributed by atoms with Gasteiger partial charge in [0.05, 0.1) is 17.3 Å². The van der Waals surface area contributed by atoms with Gasteiger partial charge in [-0.3, -0.25) is 0 Å². The SMILES string of the molecule is CC1CN(C(=O)OC(C)(C)C)CC(B2OC(C)(C)C(C)(C)O2)O1. The monoisotopic (exact) mass is 327 g/mol. The Morgan fingerprint density at radius 3 is 2.13 bits per heavy atom. The van der Waals surface area contributed by atoms with E-state index in [0.717, 1.165) is 0 Å². The molecule has 0 spiro atoms. The molecule has 2 fully saturated rings. The largest absolute Gasteiger partial charge is 0.490 e. The molecule has 23 heavy (non-hydrogen) atoms. The highest BCUT2D eigenvalue weighted by atomic mass is 16.7. The van der Waals surface area contributed by atoms with Gasteiger partial charge in [0.15, 0.2) is 0 Å². The van der Waals surface area contributed by atoms with E-state index in [0.29, 0.717) is 13.1 Å². The van der Waals surface area contributed by atoms with Crippen molar-refractivity contribution >= 4 is 13.2 Å². The van der Waals surface area contributed by atoms with Crippen molar-refractivity contribution in [3.8, 4) is 0 Å². The quantitative estimate of drug-likeness (QED) is 0.693. The van der Waals surface area contributed by atoms with Gasteiger partial charge in [0, 0.05) is 13.1 Å². The number of morpholine rings is 1. The number of carbonyl (C=O) groups is 1. The molecule has 6 nitrogen and oxygen atoms in total. The average Bonchev–Trinajstić information content (AvgIpc) is 2.55. The van der Waals surface area contributed by atoms with Crippen LogP contribution in [0.5, 0.6) is 0 Å². The Hall–Kier alpha value is -0.785. The summed E-state index contributed by atoms with van der Waals surface area (Å²) in [7, 11) is -0.493. The highest BCUT2D eigenvalue weighted by molar-refractivity contribution is 6.47. The van der Waals surface area contributed by atoms with Crippen molar-refractivity contribution in [2.24, 2.45) is 0 Å². The fraction of sp³-hybridized carbons (Fsp3) is 0.938. The molecule has 2 heterocycles. The molecule has 0 radical (unpaired) electrons. The maximum atomic E-state index is 12.3. The topological polar surface area (TPSA) is 57.2 Å². The van der Waals surface area contributed by atoms with Crippen LogP contribution in [0.3, 0.4) is 0 Å². The molecule has 0 N–H and O–H groups in total. The maximum Gasteiger partial charge on any atom is 0.490 e. The standard InChI is InChI=1S/C16H30BNO5/c1-11-9-18(13(19)21-14(2,3)4)10-12(20-11)17-22-15(5,6)16(7,8)23-17/h11-12H,9-10H2,1-8H3. The number of amides is 1. The fourth-order valence-electron chi connectivity index (χ4n) is 2.65. The van der Waals surface area contributed by atoms with Crippen LogP contribution in [0.4, 0.5) is 4.79 Å². The number of carbonyl (C=O) groups excluding carboxylic acids is 1. The van der Waals surface area contributed by atoms with Gasteiger partial charge in [0.1, 0.15) is 11.6 Å². The number of hydrogen-bond donors (Lipinski definition) is 0. The Morgan fingerprint density at radius 2 is 1.65 bits per heavy atom. The van der Waals surface area contributed by atoms with Gasteiger partial charge in [-0.05, 0) is 55.4 Å². The van der Waals surface area contributed by atoms with Gasteiger partial charge in [0.2, 0.25) is 0 Å². The summed E-state index contributed by atoms with van der Waals surface area (Å²) in [6, 6.07) is -0.327. The lowest BCUT2D eigenvalue weighted by molar-refractivity contribution is -0.0623. The summed E-state index contributed by atoms with van der Waals surface area (Å²) >= 11 is 0. The Kier molecular flexibility index (Phi) is 4.79. The molecule has 0 bridgehead atoms. The molecule has 132 valence electrons. The van der Waals surface area contributed by atoms with E-state index in [1.807, 2.05) is 55.4 Å². The first-order valence-corrected chi connectivity index (χ1v) is 8.30. The third-order valence-electron chi connectivity index (χ3n) is 4.51. The molecule has 0 aromatic rings. The van der Waals surface area contributed by atoms with Crippen LogP contribution in [0.1, 0.15) is 55.4 Å². The molecule has 2 atom stereocenters. The minimum Gasteiger partial charge on any atom is -0.444 e. The van der Waals surface area contributed by atoms with Crippen molar-refractivity contribution in [1.29, 1.82) is 0 Å². The lowest BCUT2D eigenvalue weighted by atomic mass is 9.79. The molecular formula is C16H30BNO5. The average molecular weight is 327 g/mol. The van der Waals surface area contributed by atoms with Crippen LogP contribution in [0.25, 0.3) is 0 Å². The smallest absolute Gasteiger partial charge is 0.444 e. The van der Waals surface area contributed by atoms with Gasteiger partial charge in [-0.25, -0.2) is 4.79 Å². The Bertz CT molecular complexity index is 444. The van der Waals surface area contributed by atoms with E-state index in [-0.39, 0.29) is 18.2 Å². The molecule has 1 amide bonds. The first-order valence-electron chi connectivity index (χ1n) is 8.30. The van der Waals surface area contributed by atoms with Gasteiger partial charge in [-0.2, -0.15) is 0 Å². The van der Waals surface area contributed by atoms with Crippen molar-refractivity contribution in [1.82, 2.24) is 4.90 Å². The normalized spacial score (nSPS) is 30.4. The van der Waals surface area contributed by atoms with Gasteiger partial charge in [-0.15, -0.1) is 0 Å². The Morgan fingerprint density at radius 1 is 1.13 bits per heavy atom. The van der Waals surface area contributed by atoms with Crippen molar-refractivity contribution < 1.29 is 23.6 Å². The summed E-state index contributed by atoms with van der Waals surface area (Å²) in [6.07, 6.45) is -0.422. The van der Waals surface area contributed by atoms with Crippen molar-refractivity contribution in [2.45, 2.75) is 84.3 Å². The molecule has 2 aliphatic heterocycles. The van der Waals surface area contributed by atoms with Crippen LogP contribution < -0.4 is 0 Å². The van der Waals surface area contributed by atoms with Crippen molar-refractivity contribution in [2.75, 3.05) is 13.1 Å². The van der Waals surface area contributed by atoms with Crippen LogP contribution in [0, 0.1) is 0 Å². The van der Waals surface area contributed by atoms with Crippen LogP contribution in [-0.2, 0) is 18.8 Å². The molecule has 2 aliphatic rings. The van der Waals surface area contributed by atoms with Crippen LogP contribution in [-0.4, -0.2) is 60.1 Å². The first kappa shape index (κ1) is 18.6. The molecule has 2 unspecified atom stereocenters. The van der Waals surface area contributed by atoms with Gasteiger partial charge >= 0.3 is 13.2 Å². The number of nitrogens with zero attached hydrogens (tertiary/aromatic N) is 1. The summed E-state index contributed by atoms with van der Waals surface area (Å²) in [4.78, 5) is 14.0. The second-order valence-corrected chi connectivity index (χ2v) is 8.50. The van der Waals surface area contributed by atoms with Crippen LogP contribution in [0.2, 0.25) is 0 Å². The first-order chi connectivity index (χ1) is 10.3. The van der Waals surface area contributed by atoms with Crippen molar-refractivity contribution in [3.63, 3.8) is 0 Å². The van der Waals surface area contributed by atoms with Gasteiger partial charge < -0.3 is 23.7 Å². The molecule has 0 saturated carbocycles. The Labute approximate surface area is 139 Å². The molecule has 0 aromatic heterocycles. The highest BCUT2D eigenvalue weighted by Crippen LogP contribution is 2.38. The van der Waals surface area contributed by atoms with Gasteiger partial charge in [-0.1, -0.05) is 0 Å². The molecule has 7 heteroatoms. The third-order valence-corrected chi connectivity index (χ3v) is 4.51. The zero-order chi connectivity index (χ0) is 17.6. The minimum atomic E-state index is -0.515. The second-order valence-electron chi connectivity index (χ2n) is 8.50. The lowest BCUT2D eigenvalue weighted by Gasteiger charge is -2.38. The number of rotatable bonds is 1. The zero-order valence-electron chi connectivity index (χ0n) is 15.6. The highest BCUT2D eigenvalue weighted by Gasteiger charge is 2.55. The van der Waals surface area contributed by atoms with E-state index in [4.69, 9.17) is 18.8 Å². The van der Waals surface area contributed by atoms with E-state index in [9.17, 15) is 4.79 Å². The van der Waals surface area contributed by atoms with E-state index >= 15 is 0 Å². The second kappa shape index (κ2) is 5.94. The molecule has 0 aliphatic carbocycles. The predicted molar refractivity (Wildman–Crippen MR) is 88.2 cm³/mol. The minimum absolute atomic E-state index is 0.0970. The molecule has 2 saturated heterocycles. The molecule has 2 rings (SSSR count). The summed E-state index contributed by atoms with van der Waals surface area (Å²) in [5.74, 6) is 0. The maximum absolute atomic E-state index is 12.3. The summed E-state index contributed by atoms with van der Waals surface area (Å²) in [6.45, 7) is 16.4. The molecule has 0 aromatic carbocycles. The van der Waals surface area contributed by atoms with E-state index in [2.05, 4.69) is 0 Å². The van der Waals surface area contributed by atoms with E-state index < -0.39 is 23.9 Å². The zero-order valence-corrected chi connectivity index (χ0v) is 15.6. The number of ether oxygens (including phenoxy) is 2. The summed E-state index contributed by atoms with van der Waals surface area (Å²) < 4.78 is 23.5. The van der Waals surface area contributed by atoms with Gasteiger partial charge in [0.25, 0.3) is 0 Å². The van der Waals surface area contributed by atoms with Crippen LogP contribution in [0.15, 0.2) is 0 Å². The Balaban J connectivity index is 2.06. The molecular weight excluding hydrogens is 297 g/mol. The van der Waals surface area contributed by atoms with E-state index in [1.165, 1.54) is 0 Å². The summed E-state index contributed by atoms with van der Waals surface area (Å²) in [5, 5.41) is 0. The predicted octanol–water partition coefficient (Wildman–Crippen LogP) is 2.64. The van der Waals surface area contributed by atoms with Crippen molar-refractivity contribution in [3.05, 3.63) is 0 Å². The third kappa shape index (κ3) is 4.19. The van der Waals surface area contributed by atoms with E-state index in [1.54, 1.807) is 4.90 Å². The van der Waals surface area contributed by atoms with Crippen LogP contribution >= 0.6 is 0 Å². The fourth-order valence-corrected chi connectivity index (χ4v) is 2.65. The summed E-state index contributed by atoms with van der Waals surface area (Å²) in [5.41, 5.74) is -1.35.